The first-order valence-corrected chi connectivity index (χ1v) is 8.60. The Morgan fingerprint density at radius 2 is 2.15 bits per heavy atom. The van der Waals surface area contributed by atoms with Gasteiger partial charge in [0, 0.05) is 25.3 Å². The summed E-state index contributed by atoms with van der Waals surface area (Å²) in [5.41, 5.74) is 1.87. The van der Waals surface area contributed by atoms with Crippen LogP contribution >= 0.6 is 0 Å². The number of nitrogens with one attached hydrogen (secondary N) is 2. The lowest BCUT2D eigenvalue weighted by Gasteiger charge is -2.34. The minimum atomic E-state index is -0.432. The normalized spacial score (nSPS) is 21.2. The minimum Gasteiger partial charge on any atom is -0.463 e. The lowest BCUT2D eigenvalue weighted by atomic mass is 10.1. The van der Waals surface area contributed by atoms with Gasteiger partial charge in [-0.1, -0.05) is 12.1 Å². The molecule has 0 bridgehead atoms. The van der Waals surface area contributed by atoms with Crippen LogP contribution in [0, 0.1) is 5.82 Å². The van der Waals surface area contributed by atoms with Crippen LogP contribution in [0.15, 0.2) is 35.5 Å². The lowest BCUT2D eigenvalue weighted by Crippen LogP contribution is -2.48. The fourth-order valence-corrected chi connectivity index (χ4v) is 3.03. The summed E-state index contributed by atoms with van der Waals surface area (Å²) in [5, 5.41) is 5.30. The van der Waals surface area contributed by atoms with Crippen LogP contribution in [0.25, 0.3) is 0 Å². The highest BCUT2D eigenvalue weighted by molar-refractivity contribution is 5.93. The molecule has 8 heteroatoms. The Morgan fingerprint density at radius 1 is 1.38 bits per heavy atom. The van der Waals surface area contributed by atoms with E-state index in [4.69, 9.17) is 9.47 Å². The smallest absolute Gasteiger partial charge is 0.337 e. The third-order valence-corrected chi connectivity index (χ3v) is 4.35. The van der Waals surface area contributed by atoms with Crippen LogP contribution in [0.2, 0.25) is 0 Å². The van der Waals surface area contributed by atoms with Crippen LogP contribution in [-0.4, -0.2) is 56.3 Å². The van der Waals surface area contributed by atoms with Gasteiger partial charge in [-0.2, -0.15) is 0 Å². The topological polar surface area (TPSA) is 79.9 Å². The van der Waals surface area contributed by atoms with Gasteiger partial charge in [-0.05, 0) is 24.6 Å². The van der Waals surface area contributed by atoms with Crippen LogP contribution in [0.3, 0.4) is 0 Å². The Balaban J connectivity index is 1.72. The van der Waals surface area contributed by atoms with E-state index >= 15 is 0 Å². The largest absolute Gasteiger partial charge is 0.463 e. The summed E-state index contributed by atoms with van der Waals surface area (Å²) < 4.78 is 24.0. The molecule has 3 rings (SSSR count). The number of benzene rings is 1. The summed E-state index contributed by atoms with van der Waals surface area (Å²) in [6.45, 7) is 4.32. The molecule has 0 aromatic heterocycles. The van der Waals surface area contributed by atoms with Crippen molar-refractivity contribution in [3.8, 4) is 0 Å². The number of halogens is 1. The van der Waals surface area contributed by atoms with Crippen molar-refractivity contribution in [1.82, 2.24) is 15.5 Å². The molecule has 1 fully saturated rings. The van der Waals surface area contributed by atoms with Crippen molar-refractivity contribution in [2.45, 2.75) is 13.0 Å². The lowest BCUT2D eigenvalue weighted by molar-refractivity contribution is -0.138. The van der Waals surface area contributed by atoms with Crippen molar-refractivity contribution in [3.63, 3.8) is 0 Å². The maximum Gasteiger partial charge on any atom is 0.337 e. The van der Waals surface area contributed by atoms with E-state index in [-0.39, 0.29) is 31.1 Å². The molecule has 26 heavy (non-hydrogen) atoms. The molecule has 1 aromatic rings. The van der Waals surface area contributed by atoms with Gasteiger partial charge in [-0.15, -0.1) is 0 Å². The molecule has 2 N–H and O–H groups in total. The predicted octanol–water partition coefficient (Wildman–Crippen LogP) is 1.33. The van der Waals surface area contributed by atoms with Crippen LogP contribution in [0.5, 0.6) is 0 Å². The standard InChI is InChI=1S/C18H22FN3O4/c1-2-25-17(23)14-9-20-18(24)21-15(14)10-22-7-8-26-16(11-22)12-3-5-13(19)6-4-12/h3-6,16H,2,7-11H2,1H3,(H2,20,21,24). The summed E-state index contributed by atoms with van der Waals surface area (Å²) in [5.74, 6) is -0.721. The summed E-state index contributed by atoms with van der Waals surface area (Å²) in [4.78, 5) is 25.9. The second kappa shape index (κ2) is 8.29. The van der Waals surface area contributed by atoms with E-state index in [9.17, 15) is 14.0 Å². The number of nitrogens with zero attached hydrogens (tertiary/aromatic N) is 1. The summed E-state index contributed by atoms with van der Waals surface area (Å²) in [7, 11) is 0. The molecule has 0 aliphatic carbocycles. The number of ether oxygens (including phenoxy) is 2. The highest BCUT2D eigenvalue weighted by Gasteiger charge is 2.28. The number of carbonyl (C=O) groups excluding carboxylic acids is 2. The molecular formula is C18H22FN3O4. The van der Waals surface area contributed by atoms with Gasteiger partial charge in [0.15, 0.2) is 0 Å². The van der Waals surface area contributed by atoms with Crippen molar-refractivity contribution in [2.24, 2.45) is 0 Å². The van der Waals surface area contributed by atoms with Crippen LogP contribution in [0.4, 0.5) is 9.18 Å². The minimum absolute atomic E-state index is 0.145. The number of amides is 2. The molecule has 1 saturated heterocycles. The average Bonchev–Trinajstić information content (AvgIpc) is 2.63. The number of rotatable bonds is 5. The van der Waals surface area contributed by atoms with Crippen molar-refractivity contribution < 1.29 is 23.5 Å². The Kier molecular flexibility index (Phi) is 5.85. The maximum absolute atomic E-state index is 13.1. The van der Waals surface area contributed by atoms with E-state index in [2.05, 4.69) is 15.5 Å². The van der Waals surface area contributed by atoms with E-state index < -0.39 is 5.97 Å². The van der Waals surface area contributed by atoms with Crippen molar-refractivity contribution in [2.75, 3.05) is 39.4 Å². The van der Waals surface area contributed by atoms with E-state index in [1.54, 1.807) is 19.1 Å². The molecule has 140 valence electrons. The molecule has 2 aliphatic heterocycles. The average molecular weight is 363 g/mol. The van der Waals surface area contributed by atoms with Gasteiger partial charge in [0.1, 0.15) is 5.82 Å². The molecule has 0 spiro atoms. The monoisotopic (exact) mass is 363 g/mol. The van der Waals surface area contributed by atoms with Crippen LogP contribution < -0.4 is 10.6 Å². The summed E-state index contributed by atoms with van der Waals surface area (Å²) >= 11 is 0. The van der Waals surface area contributed by atoms with E-state index in [1.807, 2.05) is 0 Å². The second-order valence-corrected chi connectivity index (χ2v) is 6.13. The van der Waals surface area contributed by atoms with E-state index in [0.29, 0.717) is 37.5 Å². The number of esters is 1. The number of hydrogen-bond donors (Lipinski definition) is 2. The zero-order valence-corrected chi connectivity index (χ0v) is 14.6. The van der Waals surface area contributed by atoms with E-state index in [1.165, 1.54) is 12.1 Å². The molecule has 1 aromatic carbocycles. The second-order valence-electron chi connectivity index (χ2n) is 6.13. The Hall–Kier alpha value is -2.45. The molecular weight excluding hydrogens is 341 g/mol. The van der Waals surface area contributed by atoms with Crippen molar-refractivity contribution >= 4 is 12.0 Å². The molecule has 1 atom stereocenters. The van der Waals surface area contributed by atoms with Crippen molar-refractivity contribution in [3.05, 3.63) is 46.9 Å². The summed E-state index contributed by atoms with van der Waals surface area (Å²) in [6.07, 6.45) is -0.187. The zero-order valence-electron chi connectivity index (χ0n) is 14.6. The highest BCUT2D eigenvalue weighted by Crippen LogP contribution is 2.23. The SMILES string of the molecule is CCOC(=O)C1=C(CN2CCOC(c3ccc(F)cc3)C2)NC(=O)NC1. The number of hydrogen-bond acceptors (Lipinski definition) is 5. The molecule has 7 nitrogen and oxygen atoms in total. The third-order valence-electron chi connectivity index (χ3n) is 4.35. The Morgan fingerprint density at radius 3 is 2.88 bits per heavy atom. The van der Waals surface area contributed by atoms with Crippen LogP contribution in [0.1, 0.15) is 18.6 Å². The van der Waals surface area contributed by atoms with Gasteiger partial charge in [-0.3, -0.25) is 4.90 Å². The number of morpholine rings is 1. The molecule has 2 heterocycles. The fourth-order valence-electron chi connectivity index (χ4n) is 3.03. The highest BCUT2D eigenvalue weighted by atomic mass is 19.1. The summed E-state index contributed by atoms with van der Waals surface area (Å²) in [6, 6.07) is 5.90. The van der Waals surface area contributed by atoms with Crippen molar-refractivity contribution in [1.29, 1.82) is 0 Å². The van der Waals surface area contributed by atoms with Gasteiger partial charge >= 0.3 is 12.0 Å². The van der Waals surface area contributed by atoms with Gasteiger partial charge < -0.3 is 20.1 Å². The Labute approximate surface area is 151 Å². The number of urea groups is 1. The van der Waals surface area contributed by atoms with Crippen LogP contribution in [-0.2, 0) is 14.3 Å². The molecule has 2 aliphatic rings. The fraction of sp³-hybridized carbons (Fsp3) is 0.444. The quantitative estimate of drug-likeness (QED) is 0.772. The first-order valence-electron chi connectivity index (χ1n) is 8.60. The van der Waals surface area contributed by atoms with Gasteiger partial charge in [0.05, 0.1) is 31.4 Å². The van der Waals surface area contributed by atoms with Gasteiger partial charge in [-0.25, -0.2) is 14.0 Å². The first kappa shape index (κ1) is 18.3. The first-order chi connectivity index (χ1) is 12.6. The third kappa shape index (κ3) is 4.39. The predicted molar refractivity (Wildman–Crippen MR) is 91.7 cm³/mol. The van der Waals surface area contributed by atoms with Gasteiger partial charge in [0.2, 0.25) is 0 Å². The van der Waals surface area contributed by atoms with E-state index in [0.717, 1.165) is 5.56 Å². The molecule has 1 unspecified atom stereocenters. The maximum atomic E-state index is 13.1. The molecule has 2 amide bonds. The molecule has 0 saturated carbocycles. The van der Waals surface area contributed by atoms with Gasteiger partial charge in [0.25, 0.3) is 0 Å². The Bertz CT molecular complexity index is 705. The number of carbonyl (C=O) groups is 2. The molecule has 0 radical (unpaired) electrons. The zero-order chi connectivity index (χ0) is 18.5.